The largest absolute Gasteiger partial charge is 0.349 e. The van der Waals surface area contributed by atoms with Crippen LogP contribution in [-0.4, -0.2) is 39.8 Å². The second-order valence-corrected chi connectivity index (χ2v) is 5.18. The lowest BCUT2D eigenvalue weighted by atomic mass is 10.1. The third kappa shape index (κ3) is 1.84. The van der Waals surface area contributed by atoms with Gasteiger partial charge in [0.1, 0.15) is 5.52 Å². The van der Waals surface area contributed by atoms with Crippen LogP contribution in [0, 0.1) is 6.92 Å². The fourth-order valence-electron chi connectivity index (χ4n) is 2.57. The second kappa shape index (κ2) is 4.24. The van der Waals surface area contributed by atoms with E-state index in [2.05, 4.69) is 40.2 Å². The monoisotopic (exact) mass is 245 g/mol. The highest BCUT2D eigenvalue weighted by atomic mass is 15.3. The van der Waals surface area contributed by atoms with Crippen LogP contribution in [0.2, 0.25) is 0 Å². The van der Waals surface area contributed by atoms with Gasteiger partial charge in [-0.3, -0.25) is 0 Å². The fraction of sp³-hybridized carbons (Fsp3) is 0.538. The number of anilines is 1. The Labute approximate surface area is 107 Å². The predicted molar refractivity (Wildman–Crippen MR) is 72.0 cm³/mol. The summed E-state index contributed by atoms with van der Waals surface area (Å²) in [7, 11) is 0. The summed E-state index contributed by atoms with van der Waals surface area (Å²) in [6, 6.07) is 3.05. The van der Waals surface area contributed by atoms with Crippen LogP contribution in [0.5, 0.6) is 0 Å². The first-order valence-electron chi connectivity index (χ1n) is 6.46. The zero-order valence-corrected chi connectivity index (χ0v) is 11.1. The Kier molecular flexibility index (Phi) is 2.70. The van der Waals surface area contributed by atoms with Crippen molar-refractivity contribution >= 4 is 11.3 Å². The van der Waals surface area contributed by atoms with Crippen molar-refractivity contribution in [2.24, 2.45) is 0 Å². The second-order valence-electron chi connectivity index (χ2n) is 5.18. The Balaban J connectivity index is 2.07. The van der Waals surface area contributed by atoms with Crippen LogP contribution in [0.25, 0.3) is 5.52 Å². The molecule has 1 N–H and O–H groups in total. The molecular formula is C13H19N5. The highest BCUT2D eigenvalue weighted by Gasteiger charge is 2.25. The van der Waals surface area contributed by atoms with E-state index in [4.69, 9.17) is 0 Å². The van der Waals surface area contributed by atoms with E-state index in [1.165, 1.54) is 0 Å². The molecule has 0 saturated carbocycles. The average Bonchev–Trinajstić information content (AvgIpc) is 2.72. The molecule has 0 aliphatic carbocycles. The van der Waals surface area contributed by atoms with Gasteiger partial charge in [0, 0.05) is 37.6 Å². The molecule has 0 amide bonds. The van der Waals surface area contributed by atoms with Crippen LogP contribution in [-0.2, 0) is 0 Å². The Morgan fingerprint density at radius 2 is 2.22 bits per heavy atom. The summed E-state index contributed by atoms with van der Waals surface area (Å²) >= 11 is 0. The molecule has 2 unspecified atom stereocenters. The van der Waals surface area contributed by atoms with Gasteiger partial charge in [0.05, 0.1) is 5.69 Å². The van der Waals surface area contributed by atoms with E-state index in [1.807, 2.05) is 23.8 Å². The first-order chi connectivity index (χ1) is 8.65. The molecule has 1 saturated heterocycles. The minimum Gasteiger partial charge on any atom is -0.349 e. The van der Waals surface area contributed by atoms with Gasteiger partial charge in [-0.05, 0) is 26.8 Å². The number of hydrogen-bond acceptors (Lipinski definition) is 4. The Hall–Kier alpha value is -1.62. The van der Waals surface area contributed by atoms with E-state index in [-0.39, 0.29) is 0 Å². The number of piperazine rings is 1. The maximum absolute atomic E-state index is 4.57. The van der Waals surface area contributed by atoms with Crippen LogP contribution in [0.3, 0.4) is 0 Å². The molecule has 1 fully saturated rings. The van der Waals surface area contributed by atoms with Crippen molar-refractivity contribution < 1.29 is 0 Å². The van der Waals surface area contributed by atoms with Gasteiger partial charge in [0.15, 0.2) is 5.82 Å². The standard InChI is InChI=1S/C13H19N5/c1-9-6-12-13(14-4-5-18(12)16-9)17-8-10(2)15-7-11(17)3/h4-6,10-11,15H,7-8H2,1-3H3. The molecule has 0 bridgehead atoms. The number of hydrogen-bond donors (Lipinski definition) is 1. The molecule has 96 valence electrons. The van der Waals surface area contributed by atoms with Crippen LogP contribution < -0.4 is 10.2 Å². The maximum atomic E-state index is 4.57. The molecule has 2 atom stereocenters. The van der Waals surface area contributed by atoms with Crippen molar-refractivity contribution in [2.75, 3.05) is 18.0 Å². The van der Waals surface area contributed by atoms with Crippen molar-refractivity contribution in [2.45, 2.75) is 32.9 Å². The van der Waals surface area contributed by atoms with Gasteiger partial charge in [-0.1, -0.05) is 0 Å². The molecule has 3 rings (SSSR count). The molecule has 5 heteroatoms. The summed E-state index contributed by atoms with van der Waals surface area (Å²) in [5.74, 6) is 1.04. The minimum absolute atomic E-state index is 0.454. The van der Waals surface area contributed by atoms with Crippen LogP contribution in [0.1, 0.15) is 19.5 Å². The lowest BCUT2D eigenvalue weighted by molar-refractivity contribution is 0.423. The molecule has 1 aliphatic rings. The molecule has 3 heterocycles. The average molecular weight is 245 g/mol. The summed E-state index contributed by atoms with van der Waals surface area (Å²) in [5.41, 5.74) is 2.12. The van der Waals surface area contributed by atoms with E-state index in [1.54, 1.807) is 0 Å². The van der Waals surface area contributed by atoms with Gasteiger partial charge >= 0.3 is 0 Å². The molecule has 1 aliphatic heterocycles. The maximum Gasteiger partial charge on any atom is 0.155 e. The zero-order chi connectivity index (χ0) is 12.7. The molecule has 5 nitrogen and oxygen atoms in total. The van der Waals surface area contributed by atoms with E-state index >= 15 is 0 Å². The summed E-state index contributed by atoms with van der Waals surface area (Å²) in [5, 5.41) is 7.94. The van der Waals surface area contributed by atoms with Crippen molar-refractivity contribution in [1.82, 2.24) is 19.9 Å². The van der Waals surface area contributed by atoms with Crippen molar-refractivity contribution in [3.63, 3.8) is 0 Å². The number of nitrogens with zero attached hydrogens (tertiary/aromatic N) is 4. The van der Waals surface area contributed by atoms with E-state index < -0.39 is 0 Å². The zero-order valence-electron chi connectivity index (χ0n) is 11.1. The van der Waals surface area contributed by atoms with Gasteiger partial charge in [0.2, 0.25) is 0 Å². The lowest BCUT2D eigenvalue weighted by Crippen LogP contribution is -2.54. The molecule has 0 radical (unpaired) electrons. The molecule has 18 heavy (non-hydrogen) atoms. The van der Waals surface area contributed by atoms with Crippen molar-refractivity contribution in [1.29, 1.82) is 0 Å². The van der Waals surface area contributed by atoms with Gasteiger partial charge < -0.3 is 10.2 Å². The topological polar surface area (TPSA) is 45.5 Å². The first-order valence-corrected chi connectivity index (χ1v) is 6.46. The Morgan fingerprint density at radius 1 is 1.39 bits per heavy atom. The fourth-order valence-corrected chi connectivity index (χ4v) is 2.57. The minimum atomic E-state index is 0.454. The summed E-state index contributed by atoms with van der Waals surface area (Å²) in [4.78, 5) is 6.94. The number of nitrogens with one attached hydrogen (secondary N) is 1. The summed E-state index contributed by atoms with van der Waals surface area (Å²) in [6.45, 7) is 8.43. The SMILES string of the molecule is Cc1cc2c(N3CC(C)NCC3C)nccn2n1. The Bertz CT molecular complexity index is 562. The van der Waals surface area contributed by atoms with Gasteiger partial charge in [-0.25, -0.2) is 9.50 Å². The van der Waals surface area contributed by atoms with Crippen LogP contribution in [0.15, 0.2) is 18.5 Å². The molecule has 0 spiro atoms. The van der Waals surface area contributed by atoms with Crippen LogP contribution >= 0.6 is 0 Å². The number of fused-ring (bicyclic) bond motifs is 1. The normalized spacial score (nSPS) is 24.7. The number of aromatic nitrogens is 3. The molecule has 2 aromatic rings. The van der Waals surface area contributed by atoms with Crippen LogP contribution in [0.4, 0.5) is 5.82 Å². The van der Waals surface area contributed by atoms with Gasteiger partial charge in [-0.15, -0.1) is 0 Å². The number of rotatable bonds is 1. The quantitative estimate of drug-likeness (QED) is 0.820. The van der Waals surface area contributed by atoms with Crippen molar-refractivity contribution in [3.05, 3.63) is 24.2 Å². The smallest absolute Gasteiger partial charge is 0.155 e. The van der Waals surface area contributed by atoms with E-state index in [0.29, 0.717) is 12.1 Å². The van der Waals surface area contributed by atoms with Gasteiger partial charge in [-0.2, -0.15) is 5.10 Å². The highest BCUT2D eigenvalue weighted by Crippen LogP contribution is 2.23. The molecular weight excluding hydrogens is 226 g/mol. The third-order valence-electron chi connectivity index (χ3n) is 3.53. The lowest BCUT2D eigenvalue weighted by Gasteiger charge is -2.38. The van der Waals surface area contributed by atoms with E-state index in [9.17, 15) is 0 Å². The first kappa shape index (κ1) is 11.5. The summed E-state index contributed by atoms with van der Waals surface area (Å²) < 4.78 is 1.91. The highest BCUT2D eigenvalue weighted by molar-refractivity contribution is 5.69. The number of aryl methyl sites for hydroxylation is 1. The molecule has 0 aromatic carbocycles. The van der Waals surface area contributed by atoms with E-state index in [0.717, 1.165) is 30.1 Å². The molecule has 2 aromatic heterocycles. The third-order valence-corrected chi connectivity index (χ3v) is 3.53. The predicted octanol–water partition coefficient (Wildman–Crippen LogP) is 1.22. The summed E-state index contributed by atoms with van der Waals surface area (Å²) in [6.07, 6.45) is 3.73. The van der Waals surface area contributed by atoms with Gasteiger partial charge in [0.25, 0.3) is 0 Å². The van der Waals surface area contributed by atoms with Crippen molar-refractivity contribution in [3.8, 4) is 0 Å². The Morgan fingerprint density at radius 3 is 3.06 bits per heavy atom.